The molecule has 1 saturated carbocycles. The lowest BCUT2D eigenvalue weighted by Gasteiger charge is -2.26. The summed E-state index contributed by atoms with van der Waals surface area (Å²) in [5.41, 5.74) is 1.86. The topological polar surface area (TPSA) is 37.3 Å². The van der Waals surface area contributed by atoms with E-state index in [1.165, 1.54) is 24.5 Å². The molecule has 2 heteroatoms. The number of hydrogen-bond acceptors (Lipinski definition) is 1. The van der Waals surface area contributed by atoms with Gasteiger partial charge in [0, 0.05) is 12.0 Å². The minimum Gasteiger partial charge on any atom is -0.478 e. The molecule has 2 aliphatic rings. The normalized spacial score (nSPS) is 37.5. The fourth-order valence-corrected chi connectivity index (χ4v) is 2.87. The first-order chi connectivity index (χ1) is 7.54. The van der Waals surface area contributed by atoms with Crippen molar-refractivity contribution < 1.29 is 9.90 Å². The highest BCUT2D eigenvalue weighted by Gasteiger charge is 2.55. The van der Waals surface area contributed by atoms with E-state index in [1.807, 2.05) is 6.08 Å². The first-order valence-electron chi connectivity index (χ1n) is 5.78. The molecule has 0 aromatic heterocycles. The van der Waals surface area contributed by atoms with Crippen LogP contribution in [0.4, 0.5) is 0 Å². The molecule has 0 bridgehead atoms. The lowest BCUT2D eigenvalue weighted by Crippen LogP contribution is -2.17. The van der Waals surface area contributed by atoms with E-state index >= 15 is 0 Å². The van der Waals surface area contributed by atoms with Gasteiger partial charge in [-0.3, -0.25) is 0 Å². The number of hydrogen-bond donors (Lipinski definition) is 1. The molecule has 2 aliphatic carbocycles. The number of allylic oxidation sites excluding steroid dienone is 5. The molecule has 0 saturated heterocycles. The fraction of sp³-hybridized carbons (Fsp3) is 0.500. The predicted molar refractivity (Wildman–Crippen MR) is 64.0 cm³/mol. The first kappa shape index (κ1) is 11.2. The molecular weight excluding hydrogens is 200 g/mol. The summed E-state index contributed by atoms with van der Waals surface area (Å²) in [4.78, 5) is 10.3. The van der Waals surface area contributed by atoms with Crippen LogP contribution >= 0.6 is 0 Å². The van der Waals surface area contributed by atoms with Crippen molar-refractivity contribution in [3.05, 3.63) is 36.0 Å². The van der Waals surface area contributed by atoms with E-state index < -0.39 is 5.97 Å². The Morgan fingerprint density at radius 1 is 1.56 bits per heavy atom. The van der Waals surface area contributed by atoms with Gasteiger partial charge >= 0.3 is 5.97 Å². The first-order valence-corrected chi connectivity index (χ1v) is 5.78. The van der Waals surface area contributed by atoms with Crippen LogP contribution in [-0.4, -0.2) is 11.1 Å². The molecule has 1 N–H and O–H groups in total. The van der Waals surface area contributed by atoms with Crippen LogP contribution in [0.15, 0.2) is 36.0 Å². The molecule has 0 spiro atoms. The van der Waals surface area contributed by atoms with Crippen molar-refractivity contribution in [2.45, 2.75) is 26.7 Å². The Hall–Kier alpha value is -1.31. The number of rotatable bonds is 3. The molecule has 0 heterocycles. The number of carboxylic acid groups (broad SMARTS) is 1. The van der Waals surface area contributed by atoms with Crippen LogP contribution in [0.25, 0.3) is 0 Å². The molecule has 1 fully saturated rings. The van der Waals surface area contributed by atoms with E-state index in [0.29, 0.717) is 11.3 Å². The maximum Gasteiger partial charge on any atom is 0.328 e. The Morgan fingerprint density at radius 2 is 2.31 bits per heavy atom. The monoisotopic (exact) mass is 218 g/mol. The zero-order valence-electron chi connectivity index (χ0n) is 9.81. The predicted octanol–water partition coefficient (Wildman–Crippen LogP) is 3.18. The molecule has 0 aliphatic heterocycles. The Bertz CT molecular complexity index is 390. The van der Waals surface area contributed by atoms with Gasteiger partial charge in [-0.05, 0) is 31.1 Å². The second-order valence-electron chi connectivity index (χ2n) is 5.15. The van der Waals surface area contributed by atoms with Crippen LogP contribution in [0.1, 0.15) is 26.7 Å². The summed E-state index contributed by atoms with van der Waals surface area (Å²) in [6.45, 7) is 4.51. The highest BCUT2D eigenvalue weighted by atomic mass is 16.4. The Balaban J connectivity index is 2.06. The highest BCUT2D eigenvalue weighted by Crippen LogP contribution is 2.63. The Labute approximate surface area is 96.4 Å². The lowest BCUT2D eigenvalue weighted by atomic mass is 9.78. The summed E-state index contributed by atoms with van der Waals surface area (Å²) >= 11 is 0. The van der Waals surface area contributed by atoms with Crippen molar-refractivity contribution in [3.8, 4) is 0 Å². The zero-order chi connectivity index (χ0) is 11.8. The number of fused-ring (bicyclic) bond motifs is 1. The molecule has 0 radical (unpaired) electrons. The summed E-state index contributed by atoms with van der Waals surface area (Å²) in [6.07, 6.45) is 11.6. The summed E-state index contributed by atoms with van der Waals surface area (Å²) in [5.74, 6) is 0.440. The van der Waals surface area contributed by atoms with E-state index in [-0.39, 0.29) is 0 Å². The molecule has 3 atom stereocenters. The largest absolute Gasteiger partial charge is 0.478 e. The quantitative estimate of drug-likeness (QED) is 0.449. The van der Waals surface area contributed by atoms with E-state index in [0.717, 1.165) is 5.92 Å². The average molecular weight is 218 g/mol. The van der Waals surface area contributed by atoms with Crippen molar-refractivity contribution in [3.63, 3.8) is 0 Å². The second-order valence-corrected chi connectivity index (χ2v) is 5.15. The van der Waals surface area contributed by atoms with Crippen LogP contribution in [0.2, 0.25) is 0 Å². The zero-order valence-corrected chi connectivity index (χ0v) is 9.81. The molecule has 2 nitrogen and oxygen atoms in total. The van der Waals surface area contributed by atoms with Gasteiger partial charge in [-0.25, -0.2) is 4.79 Å². The SMILES string of the molecule is CC1=CCC2CC2(C)C1/C=C/C=C/C(=O)O. The van der Waals surface area contributed by atoms with Crippen LogP contribution < -0.4 is 0 Å². The summed E-state index contributed by atoms with van der Waals surface area (Å²) < 4.78 is 0. The maximum atomic E-state index is 10.3. The van der Waals surface area contributed by atoms with Gasteiger partial charge in [0.2, 0.25) is 0 Å². The molecule has 0 aromatic rings. The smallest absolute Gasteiger partial charge is 0.328 e. The molecular formula is C14H18O2. The van der Waals surface area contributed by atoms with Crippen LogP contribution in [0.5, 0.6) is 0 Å². The Kier molecular flexibility index (Phi) is 2.75. The van der Waals surface area contributed by atoms with Crippen molar-refractivity contribution in [1.29, 1.82) is 0 Å². The van der Waals surface area contributed by atoms with Gasteiger partial charge in [-0.2, -0.15) is 0 Å². The number of carbonyl (C=O) groups is 1. The minimum absolute atomic E-state index is 0.437. The molecule has 0 amide bonds. The van der Waals surface area contributed by atoms with Gasteiger partial charge in [0.05, 0.1) is 0 Å². The molecule has 2 rings (SSSR count). The van der Waals surface area contributed by atoms with Crippen LogP contribution in [-0.2, 0) is 4.79 Å². The van der Waals surface area contributed by atoms with Gasteiger partial charge < -0.3 is 5.11 Å². The average Bonchev–Trinajstić information content (AvgIpc) is 2.87. The van der Waals surface area contributed by atoms with Gasteiger partial charge in [-0.1, -0.05) is 36.8 Å². The summed E-state index contributed by atoms with van der Waals surface area (Å²) in [6, 6.07) is 0. The van der Waals surface area contributed by atoms with Gasteiger partial charge in [-0.15, -0.1) is 0 Å². The second kappa shape index (κ2) is 3.93. The summed E-state index contributed by atoms with van der Waals surface area (Å²) in [7, 11) is 0. The van der Waals surface area contributed by atoms with E-state index in [4.69, 9.17) is 5.11 Å². The highest BCUT2D eigenvalue weighted by molar-refractivity contribution is 5.80. The molecule has 86 valence electrons. The van der Waals surface area contributed by atoms with E-state index in [1.54, 1.807) is 6.08 Å². The fourth-order valence-electron chi connectivity index (χ4n) is 2.87. The molecule has 16 heavy (non-hydrogen) atoms. The lowest BCUT2D eigenvalue weighted by molar-refractivity contribution is -0.131. The third-order valence-corrected chi connectivity index (χ3v) is 4.04. The number of carboxylic acids is 1. The van der Waals surface area contributed by atoms with E-state index in [9.17, 15) is 4.79 Å². The standard InChI is InChI=1S/C14H18O2/c1-10-7-8-11-9-14(11,2)12(10)5-3-4-6-13(15)16/h3-7,11-12H,8-9H2,1-2H3,(H,15,16)/b5-3+,6-4+. The maximum absolute atomic E-state index is 10.3. The van der Waals surface area contributed by atoms with Crippen molar-refractivity contribution in [2.75, 3.05) is 0 Å². The van der Waals surface area contributed by atoms with Crippen molar-refractivity contribution in [1.82, 2.24) is 0 Å². The third-order valence-electron chi connectivity index (χ3n) is 4.04. The molecule has 0 aromatic carbocycles. The van der Waals surface area contributed by atoms with Gasteiger partial charge in [0.15, 0.2) is 0 Å². The van der Waals surface area contributed by atoms with Crippen LogP contribution in [0.3, 0.4) is 0 Å². The minimum atomic E-state index is -0.893. The Morgan fingerprint density at radius 3 is 3.00 bits per heavy atom. The third kappa shape index (κ3) is 1.97. The van der Waals surface area contributed by atoms with E-state index in [2.05, 4.69) is 26.0 Å². The number of aliphatic carboxylic acids is 1. The van der Waals surface area contributed by atoms with Crippen LogP contribution in [0, 0.1) is 17.3 Å². The van der Waals surface area contributed by atoms with Crippen molar-refractivity contribution in [2.24, 2.45) is 17.3 Å². The molecule has 3 unspecified atom stereocenters. The van der Waals surface area contributed by atoms with Crippen molar-refractivity contribution >= 4 is 5.97 Å². The summed E-state index contributed by atoms with van der Waals surface area (Å²) in [5, 5.41) is 8.48. The van der Waals surface area contributed by atoms with Gasteiger partial charge in [0.1, 0.15) is 0 Å². The van der Waals surface area contributed by atoms with Gasteiger partial charge in [0.25, 0.3) is 0 Å².